The van der Waals surface area contributed by atoms with E-state index in [-0.39, 0.29) is 17.6 Å². The Morgan fingerprint density at radius 1 is 1.27 bits per heavy atom. The lowest BCUT2D eigenvalue weighted by Crippen LogP contribution is -2.45. The summed E-state index contributed by atoms with van der Waals surface area (Å²) in [7, 11) is 1.55. The minimum absolute atomic E-state index is 0.0696. The molecule has 26 heavy (non-hydrogen) atoms. The van der Waals surface area contributed by atoms with Gasteiger partial charge in [0.2, 0.25) is 5.82 Å². The van der Waals surface area contributed by atoms with Gasteiger partial charge in [-0.1, -0.05) is 0 Å². The normalized spacial score (nSPS) is 19.2. The number of nitrogens with zero attached hydrogens (tertiary/aromatic N) is 2. The molecule has 2 aromatic rings. The fraction of sp³-hybridized carbons (Fsp3) is 0.353. The molecule has 1 fully saturated rings. The summed E-state index contributed by atoms with van der Waals surface area (Å²) in [6.07, 6.45) is 4.53. The zero-order valence-electron chi connectivity index (χ0n) is 14.0. The Kier molecular flexibility index (Phi) is 5.15. The van der Waals surface area contributed by atoms with E-state index < -0.39 is 29.3 Å². The van der Waals surface area contributed by atoms with Gasteiger partial charge in [-0.3, -0.25) is 10.1 Å². The molecule has 0 saturated heterocycles. The molecule has 1 aliphatic rings. The Hall–Kier alpha value is -2.97. The van der Waals surface area contributed by atoms with Gasteiger partial charge < -0.3 is 14.6 Å². The van der Waals surface area contributed by atoms with Gasteiger partial charge in [0, 0.05) is 37.6 Å². The fourth-order valence-electron chi connectivity index (χ4n) is 2.90. The van der Waals surface area contributed by atoms with Crippen LogP contribution in [0.15, 0.2) is 35.4 Å². The number of rotatable bonds is 4. The summed E-state index contributed by atoms with van der Waals surface area (Å²) in [6, 6.07) is 2.00. The van der Waals surface area contributed by atoms with E-state index in [1.165, 1.54) is 17.0 Å². The number of benzene rings is 1. The Morgan fingerprint density at radius 2 is 2.00 bits per heavy atom. The quantitative estimate of drug-likeness (QED) is 0.871. The second kappa shape index (κ2) is 7.51. The van der Waals surface area contributed by atoms with Crippen molar-refractivity contribution in [1.82, 2.24) is 14.9 Å². The van der Waals surface area contributed by atoms with Crippen LogP contribution < -0.4 is 20.9 Å². The molecule has 7 nitrogen and oxygen atoms in total. The molecule has 1 saturated carbocycles. The lowest BCUT2D eigenvalue weighted by molar-refractivity contribution is 0.174. The number of ether oxygens (including phenoxy) is 1. The minimum atomic E-state index is -0.730. The van der Waals surface area contributed by atoms with Crippen LogP contribution in [0.25, 0.3) is 0 Å². The molecule has 0 bridgehead atoms. The lowest BCUT2D eigenvalue weighted by atomic mass is 10.2. The van der Waals surface area contributed by atoms with E-state index >= 15 is 0 Å². The van der Waals surface area contributed by atoms with Gasteiger partial charge in [-0.2, -0.15) is 0 Å². The van der Waals surface area contributed by atoms with E-state index in [0.717, 1.165) is 24.6 Å². The van der Waals surface area contributed by atoms with Crippen LogP contribution in [-0.2, 0) is 7.05 Å². The Labute approximate surface area is 148 Å². The van der Waals surface area contributed by atoms with Crippen LogP contribution in [0.3, 0.4) is 0 Å². The maximum absolute atomic E-state index is 13.3. The highest BCUT2D eigenvalue weighted by molar-refractivity contribution is 5.88. The Balaban J connectivity index is 1.64. The third kappa shape index (κ3) is 4.16. The molecular formula is C17H18F2N4O3. The van der Waals surface area contributed by atoms with Crippen molar-refractivity contribution >= 4 is 11.8 Å². The van der Waals surface area contributed by atoms with E-state index in [4.69, 9.17) is 4.74 Å². The highest BCUT2D eigenvalue weighted by Gasteiger charge is 2.30. The third-order valence-electron chi connectivity index (χ3n) is 4.14. The number of aromatic nitrogens is 2. The number of nitrogens with one attached hydrogen (secondary N) is 2. The molecule has 0 spiro atoms. The molecule has 2 amide bonds. The number of hydrogen-bond acceptors (Lipinski definition) is 4. The second-order valence-corrected chi connectivity index (χ2v) is 6.09. The van der Waals surface area contributed by atoms with Crippen molar-refractivity contribution in [3.63, 3.8) is 0 Å². The summed E-state index contributed by atoms with van der Waals surface area (Å²) in [5.74, 6) is -1.48. The van der Waals surface area contributed by atoms with Gasteiger partial charge in [0.05, 0.1) is 6.04 Å². The largest absolute Gasteiger partial charge is 0.488 e. The number of anilines is 1. The summed E-state index contributed by atoms with van der Waals surface area (Å²) in [4.78, 5) is 27.9. The molecule has 0 aliphatic heterocycles. The van der Waals surface area contributed by atoms with Crippen LogP contribution in [0.1, 0.15) is 19.3 Å². The first-order chi connectivity index (χ1) is 12.4. The molecule has 9 heteroatoms. The van der Waals surface area contributed by atoms with Crippen LogP contribution in [0.5, 0.6) is 5.75 Å². The van der Waals surface area contributed by atoms with Crippen molar-refractivity contribution in [2.45, 2.75) is 31.4 Å². The van der Waals surface area contributed by atoms with Crippen LogP contribution in [0, 0.1) is 11.6 Å². The van der Waals surface area contributed by atoms with Crippen molar-refractivity contribution in [3.05, 3.63) is 52.6 Å². The summed E-state index contributed by atoms with van der Waals surface area (Å²) in [6.45, 7) is 0. The maximum atomic E-state index is 13.3. The molecule has 1 aromatic carbocycles. The number of hydrogen-bond donors (Lipinski definition) is 2. The van der Waals surface area contributed by atoms with Crippen LogP contribution in [0.2, 0.25) is 0 Å². The molecule has 2 atom stereocenters. The van der Waals surface area contributed by atoms with Crippen LogP contribution >= 0.6 is 0 Å². The van der Waals surface area contributed by atoms with Crippen molar-refractivity contribution in [3.8, 4) is 5.75 Å². The summed E-state index contributed by atoms with van der Waals surface area (Å²) >= 11 is 0. The molecule has 1 aromatic heterocycles. The van der Waals surface area contributed by atoms with Gasteiger partial charge in [0.25, 0.3) is 5.56 Å². The van der Waals surface area contributed by atoms with Gasteiger partial charge in [-0.25, -0.2) is 18.6 Å². The molecule has 0 unspecified atom stereocenters. The van der Waals surface area contributed by atoms with E-state index in [9.17, 15) is 18.4 Å². The van der Waals surface area contributed by atoms with Crippen molar-refractivity contribution < 1.29 is 18.3 Å². The molecule has 138 valence electrons. The first kappa shape index (κ1) is 17.8. The summed E-state index contributed by atoms with van der Waals surface area (Å²) < 4.78 is 33.5. The zero-order valence-corrected chi connectivity index (χ0v) is 14.0. The predicted octanol–water partition coefficient (Wildman–Crippen LogP) is 2.18. The number of halogens is 2. The monoisotopic (exact) mass is 364 g/mol. The van der Waals surface area contributed by atoms with E-state index in [1.54, 1.807) is 7.05 Å². The standard InChI is InChI=1S/C17H18F2N4O3/c1-23-6-5-20-15(16(23)24)22-17(25)21-13-3-2-4-14(13)26-12-8-10(18)7-11(19)9-12/h5-9,13-14H,2-4H2,1H3,(H2,20,21,22,25)/t13-,14+/m0/s1. The summed E-state index contributed by atoms with van der Waals surface area (Å²) in [5, 5.41) is 5.13. The molecule has 3 rings (SSSR count). The number of carbonyl (C=O) groups excluding carboxylic acids is 1. The van der Waals surface area contributed by atoms with Gasteiger partial charge in [0.1, 0.15) is 23.5 Å². The average molecular weight is 364 g/mol. The van der Waals surface area contributed by atoms with Crippen LogP contribution in [-0.4, -0.2) is 27.7 Å². The van der Waals surface area contributed by atoms with Crippen LogP contribution in [0.4, 0.5) is 19.4 Å². The first-order valence-corrected chi connectivity index (χ1v) is 8.14. The number of amides is 2. The third-order valence-corrected chi connectivity index (χ3v) is 4.14. The molecule has 2 N–H and O–H groups in total. The number of carbonyl (C=O) groups is 1. The second-order valence-electron chi connectivity index (χ2n) is 6.09. The maximum Gasteiger partial charge on any atom is 0.320 e. The topological polar surface area (TPSA) is 85.2 Å². The number of urea groups is 1. The van der Waals surface area contributed by atoms with E-state index in [1.807, 2.05) is 0 Å². The van der Waals surface area contributed by atoms with E-state index in [0.29, 0.717) is 12.8 Å². The van der Waals surface area contributed by atoms with Crippen molar-refractivity contribution in [2.24, 2.45) is 7.05 Å². The SMILES string of the molecule is Cn1ccnc(NC(=O)N[C@H]2CCC[C@H]2Oc2cc(F)cc(F)c2)c1=O. The lowest BCUT2D eigenvalue weighted by Gasteiger charge is -2.22. The smallest absolute Gasteiger partial charge is 0.320 e. The fourth-order valence-corrected chi connectivity index (χ4v) is 2.90. The molecule has 1 aliphatic carbocycles. The molecule has 0 radical (unpaired) electrons. The highest BCUT2D eigenvalue weighted by atomic mass is 19.1. The first-order valence-electron chi connectivity index (χ1n) is 8.14. The van der Waals surface area contributed by atoms with Gasteiger partial charge >= 0.3 is 6.03 Å². The predicted molar refractivity (Wildman–Crippen MR) is 90.0 cm³/mol. The van der Waals surface area contributed by atoms with Gasteiger partial charge in [-0.05, 0) is 19.3 Å². The molecule has 1 heterocycles. The summed E-state index contributed by atoms with van der Waals surface area (Å²) in [5.41, 5.74) is -0.433. The average Bonchev–Trinajstić information content (AvgIpc) is 2.97. The number of aryl methyl sites for hydroxylation is 1. The molecular weight excluding hydrogens is 346 g/mol. The minimum Gasteiger partial charge on any atom is -0.488 e. The van der Waals surface area contributed by atoms with Gasteiger partial charge in [0.15, 0.2) is 0 Å². The Morgan fingerprint density at radius 3 is 2.73 bits per heavy atom. The van der Waals surface area contributed by atoms with Crippen molar-refractivity contribution in [1.29, 1.82) is 0 Å². The van der Waals surface area contributed by atoms with Crippen molar-refractivity contribution in [2.75, 3.05) is 5.32 Å². The zero-order chi connectivity index (χ0) is 18.7. The van der Waals surface area contributed by atoms with E-state index in [2.05, 4.69) is 15.6 Å². The Bertz CT molecular complexity index is 851. The highest BCUT2D eigenvalue weighted by Crippen LogP contribution is 2.26. The van der Waals surface area contributed by atoms with Gasteiger partial charge in [-0.15, -0.1) is 0 Å².